The van der Waals surface area contributed by atoms with Gasteiger partial charge in [0.15, 0.2) is 0 Å². The summed E-state index contributed by atoms with van der Waals surface area (Å²) in [5.41, 5.74) is 3.54. The topological polar surface area (TPSA) is 37.6 Å². The van der Waals surface area contributed by atoms with Gasteiger partial charge < -0.3 is 0 Å². The van der Waals surface area contributed by atoms with Crippen molar-refractivity contribution in [3.8, 4) is 0 Å². The summed E-state index contributed by atoms with van der Waals surface area (Å²) in [6.45, 7) is 3.54. The first-order valence-electron chi connectivity index (χ1n) is 8.59. The lowest BCUT2D eigenvalue weighted by molar-refractivity contribution is 0.245. The van der Waals surface area contributed by atoms with E-state index in [-0.39, 0.29) is 17.4 Å². The summed E-state index contributed by atoms with van der Waals surface area (Å²) in [6, 6.07) is 12.4. The Morgan fingerprint density at radius 1 is 1.24 bits per heavy atom. The molecule has 1 aromatic carbocycles. The minimum atomic E-state index is -0.215. The SMILES string of the molecule is Cc1cccn2c(=O)cc(CN3CCCC3c3ccc(F)cc3)nc12. The molecule has 3 aromatic rings. The Morgan fingerprint density at radius 2 is 2.04 bits per heavy atom. The number of benzene rings is 1. The first kappa shape index (κ1) is 16.0. The lowest BCUT2D eigenvalue weighted by atomic mass is 10.0. The van der Waals surface area contributed by atoms with Gasteiger partial charge >= 0.3 is 0 Å². The van der Waals surface area contributed by atoms with Crippen LogP contribution in [0.5, 0.6) is 0 Å². The Kier molecular flexibility index (Phi) is 4.09. The van der Waals surface area contributed by atoms with Crippen molar-refractivity contribution < 1.29 is 4.39 Å². The molecule has 5 heteroatoms. The van der Waals surface area contributed by atoms with Gasteiger partial charge in [0.25, 0.3) is 5.56 Å². The van der Waals surface area contributed by atoms with Gasteiger partial charge in [-0.05, 0) is 55.6 Å². The van der Waals surface area contributed by atoms with Crippen LogP contribution in [0.25, 0.3) is 5.65 Å². The van der Waals surface area contributed by atoms with Crippen LogP contribution in [-0.4, -0.2) is 20.8 Å². The van der Waals surface area contributed by atoms with Crippen LogP contribution in [0.2, 0.25) is 0 Å². The highest BCUT2D eigenvalue weighted by molar-refractivity contribution is 5.46. The van der Waals surface area contributed by atoms with E-state index in [1.54, 1.807) is 16.7 Å². The summed E-state index contributed by atoms with van der Waals surface area (Å²) < 4.78 is 14.8. The highest BCUT2D eigenvalue weighted by Crippen LogP contribution is 2.32. The van der Waals surface area contributed by atoms with Crippen LogP contribution in [-0.2, 0) is 6.54 Å². The number of fused-ring (bicyclic) bond motifs is 1. The second-order valence-electron chi connectivity index (χ2n) is 6.65. The van der Waals surface area contributed by atoms with Crippen LogP contribution in [0.15, 0.2) is 53.5 Å². The third kappa shape index (κ3) is 3.07. The normalized spacial score (nSPS) is 18.1. The van der Waals surface area contributed by atoms with Crippen LogP contribution >= 0.6 is 0 Å². The zero-order valence-electron chi connectivity index (χ0n) is 14.2. The van der Waals surface area contributed by atoms with Gasteiger partial charge in [-0.15, -0.1) is 0 Å². The van der Waals surface area contributed by atoms with Crippen molar-refractivity contribution in [2.45, 2.75) is 32.4 Å². The molecule has 0 aliphatic carbocycles. The third-order valence-corrected chi connectivity index (χ3v) is 4.92. The molecule has 25 heavy (non-hydrogen) atoms. The highest BCUT2D eigenvalue weighted by Gasteiger charge is 2.26. The van der Waals surface area contributed by atoms with Gasteiger partial charge in [0.05, 0.1) is 5.69 Å². The fourth-order valence-corrected chi connectivity index (χ4v) is 3.68. The molecule has 1 aliphatic heterocycles. The molecule has 1 unspecified atom stereocenters. The van der Waals surface area contributed by atoms with Crippen LogP contribution in [0, 0.1) is 12.7 Å². The summed E-state index contributed by atoms with van der Waals surface area (Å²) in [5.74, 6) is -0.215. The Balaban J connectivity index is 1.65. The molecule has 4 nitrogen and oxygen atoms in total. The van der Waals surface area contributed by atoms with Crippen LogP contribution in [0.3, 0.4) is 0 Å². The minimum absolute atomic E-state index is 0.0544. The van der Waals surface area contributed by atoms with E-state index in [1.165, 1.54) is 12.1 Å². The second-order valence-corrected chi connectivity index (χ2v) is 6.65. The van der Waals surface area contributed by atoms with Crippen molar-refractivity contribution in [3.63, 3.8) is 0 Å². The van der Waals surface area contributed by atoms with E-state index in [4.69, 9.17) is 4.98 Å². The zero-order valence-corrected chi connectivity index (χ0v) is 14.2. The number of hydrogen-bond donors (Lipinski definition) is 0. The van der Waals surface area contributed by atoms with Crippen molar-refractivity contribution >= 4 is 5.65 Å². The molecule has 3 heterocycles. The fraction of sp³-hybridized carbons (Fsp3) is 0.300. The van der Waals surface area contributed by atoms with Crippen molar-refractivity contribution in [3.05, 3.63) is 81.7 Å². The molecule has 1 fully saturated rings. The molecule has 2 aromatic heterocycles. The lowest BCUT2D eigenvalue weighted by Gasteiger charge is -2.24. The van der Waals surface area contributed by atoms with Gasteiger partial charge in [0, 0.05) is 24.8 Å². The number of hydrogen-bond acceptors (Lipinski definition) is 3. The van der Waals surface area contributed by atoms with E-state index in [1.807, 2.05) is 31.2 Å². The molecule has 1 atom stereocenters. The van der Waals surface area contributed by atoms with Crippen molar-refractivity contribution in [2.24, 2.45) is 0 Å². The molecule has 0 spiro atoms. The van der Waals surface area contributed by atoms with Gasteiger partial charge in [-0.1, -0.05) is 18.2 Å². The smallest absolute Gasteiger partial charge is 0.258 e. The van der Waals surface area contributed by atoms with Crippen molar-refractivity contribution in [1.29, 1.82) is 0 Å². The summed E-state index contributed by atoms with van der Waals surface area (Å²) in [7, 11) is 0. The average Bonchev–Trinajstić information content (AvgIpc) is 3.05. The van der Waals surface area contributed by atoms with E-state index < -0.39 is 0 Å². The van der Waals surface area contributed by atoms with E-state index in [9.17, 15) is 9.18 Å². The van der Waals surface area contributed by atoms with Crippen molar-refractivity contribution in [2.75, 3.05) is 6.54 Å². The molecule has 128 valence electrons. The summed E-state index contributed by atoms with van der Waals surface area (Å²) in [5, 5.41) is 0. The average molecular weight is 337 g/mol. The molecular weight excluding hydrogens is 317 g/mol. The first-order chi connectivity index (χ1) is 12.1. The molecule has 0 bridgehead atoms. The van der Waals surface area contributed by atoms with Crippen LogP contribution < -0.4 is 5.56 Å². The van der Waals surface area contributed by atoms with Gasteiger partial charge in [-0.3, -0.25) is 14.1 Å². The van der Waals surface area contributed by atoms with Crippen molar-refractivity contribution in [1.82, 2.24) is 14.3 Å². The number of likely N-dealkylation sites (tertiary alicyclic amines) is 1. The lowest BCUT2D eigenvalue weighted by Crippen LogP contribution is -2.25. The quantitative estimate of drug-likeness (QED) is 0.734. The van der Waals surface area contributed by atoms with Gasteiger partial charge in [0.2, 0.25) is 0 Å². The monoisotopic (exact) mass is 337 g/mol. The minimum Gasteiger partial charge on any atom is -0.291 e. The molecule has 4 rings (SSSR count). The van der Waals surface area contributed by atoms with Crippen LogP contribution in [0.1, 0.15) is 35.7 Å². The van der Waals surface area contributed by atoms with E-state index >= 15 is 0 Å². The maximum atomic E-state index is 13.2. The predicted octanol–water partition coefficient (Wildman–Crippen LogP) is 3.48. The Bertz CT molecular complexity index is 965. The number of rotatable bonds is 3. The molecule has 0 saturated carbocycles. The Labute approximate surface area is 145 Å². The van der Waals surface area contributed by atoms with Gasteiger partial charge in [-0.2, -0.15) is 0 Å². The number of aryl methyl sites for hydroxylation is 1. The number of halogens is 1. The number of pyridine rings is 1. The van der Waals surface area contributed by atoms with Crippen LogP contribution in [0.4, 0.5) is 4.39 Å². The molecule has 0 N–H and O–H groups in total. The molecule has 0 amide bonds. The third-order valence-electron chi connectivity index (χ3n) is 4.92. The number of aromatic nitrogens is 2. The fourth-order valence-electron chi connectivity index (χ4n) is 3.68. The van der Waals surface area contributed by atoms with E-state index in [0.29, 0.717) is 12.2 Å². The maximum Gasteiger partial charge on any atom is 0.258 e. The largest absolute Gasteiger partial charge is 0.291 e. The van der Waals surface area contributed by atoms with Gasteiger partial charge in [0.1, 0.15) is 11.5 Å². The van der Waals surface area contributed by atoms with E-state index in [0.717, 1.165) is 36.2 Å². The van der Waals surface area contributed by atoms with E-state index in [2.05, 4.69) is 4.90 Å². The maximum absolute atomic E-state index is 13.2. The predicted molar refractivity (Wildman–Crippen MR) is 95.0 cm³/mol. The Morgan fingerprint density at radius 3 is 2.84 bits per heavy atom. The highest BCUT2D eigenvalue weighted by atomic mass is 19.1. The summed E-state index contributed by atoms with van der Waals surface area (Å²) in [6.07, 6.45) is 3.88. The first-order valence-corrected chi connectivity index (χ1v) is 8.59. The number of nitrogens with zero attached hydrogens (tertiary/aromatic N) is 3. The standard InChI is InChI=1S/C20H20FN3O/c1-14-4-2-11-24-19(25)12-17(22-20(14)24)13-23-10-3-5-18(23)15-6-8-16(21)9-7-15/h2,4,6-9,11-12,18H,3,5,10,13H2,1H3. The molecular formula is C20H20FN3O. The molecule has 1 saturated heterocycles. The Hall–Kier alpha value is -2.53. The second kappa shape index (κ2) is 6.41. The molecule has 1 aliphatic rings. The summed E-state index contributed by atoms with van der Waals surface area (Å²) in [4.78, 5) is 19.4. The summed E-state index contributed by atoms with van der Waals surface area (Å²) >= 11 is 0. The molecule has 0 radical (unpaired) electrons. The van der Waals surface area contributed by atoms with Gasteiger partial charge in [-0.25, -0.2) is 9.37 Å². The zero-order chi connectivity index (χ0) is 17.4.